The molecule has 3 rings (SSSR count). The SMILES string of the molecule is CS(=O)(=O)c1ccc(-c2ccc(S(=O)(=O)Nc3ccc(Cl)cc3C(=O)O)cc2)cc1. The largest absolute Gasteiger partial charge is 0.478 e. The highest BCUT2D eigenvalue weighted by molar-refractivity contribution is 7.92. The summed E-state index contributed by atoms with van der Waals surface area (Å²) in [6, 6.07) is 15.9. The van der Waals surface area contributed by atoms with Gasteiger partial charge in [-0.1, -0.05) is 35.9 Å². The number of carboxylic acids is 1. The van der Waals surface area contributed by atoms with Crippen LogP contribution in [0.4, 0.5) is 5.69 Å². The number of carbonyl (C=O) groups is 1. The van der Waals surface area contributed by atoms with Gasteiger partial charge in [0.2, 0.25) is 0 Å². The van der Waals surface area contributed by atoms with E-state index in [1.807, 2.05) is 0 Å². The van der Waals surface area contributed by atoms with Crippen molar-refractivity contribution in [1.82, 2.24) is 0 Å². The predicted octanol–water partition coefficient (Wildman–Crippen LogP) is 3.91. The number of rotatable bonds is 6. The van der Waals surface area contributed by atoms with Crippen LogP contribution in [0.15, 0.2) is 76.5 Å². The molecule has 0 aromatic heterocycles. The Morgan fingerprint density at radius 2 is 1.33 bits per heavy atom. The molecule has 3 aromatic rings. The number of anilines is 1. The number of halogens is 1. The zero-order chi connectivity index (χ0) is 22.1. The van der Waals surface area contributed by atoms with E-state index in [0.717, 1.165) is 12.3 Å². The van der Waals surface area contributed by atoms with E-state index in [1.165, 1.54) is 36.4 Å². The number of sulfonamides is 1. The highest BCUT2D eigenvalue weighted by Gasteiger charge is 2.19. The summed E-state index contributed by atoms with van der Waals surface area (Å²) in [4.78, 5) is 11.5. The lowest BCUT2D eigenvalue weighted by Crippen LogP contribution is -2.15. The molecule has 0 saturated carbocycles. The standard InChI is InChI=1S/C20H16ClNO6S2/c1-29(25,26)16-7-2-13(3-8-16)14-4-9-17(10-5-14)30(27,28)22-19-11-6-15(21)12-18(19)20(23)24/h2-12,22H,1H3,(H,23,24). The molecule has 0 bridgehead atoms. The second-order valence-electron chi connectivity index (χ2n) is 6.42. The van der Waals surface area contributed by atoms with Crippen LogP contribution < -0.4 is 4.72 Å². The number of benzene rings is 3. The lowest BCUT2D eigenvalue weighted by atomic mass is 10.1. The van der Waals surface area contributed by atoms with E-state index in [4.69, 9.17) is 11.6 Å². The second kappa shape index (κ2) is 8.10. The lowest BCUT2D eigenvalue weighted by Gasteiger charge is -2.11. The third-order valence-electron chi connectivity index (χ3n) is 4.24. The lowest BCUT2D eigenvalue weighted by molar-refractivity contribution is 0.0698. The maximum absolute atomic E-state index is 12.7. The van der Waals surface area contributed by atoms with Crippen molar-refractivity contribution in [3.63, 3.8) is 0 Å². The van der Waals surface area contributed by atoms with Crippen molar-refractivity contribution >= 4 is 43.1 Å². The minimum absolute atomic E-state index is 0.0645. The Hall–Kier alpha value is -2.88. The van der Waals surface area contributed by atoms with E-state index >= 15 is 0 Å². The zero-order valence-corrected chi connectivity index (χ0v) is 17.9. The van der Waals surface area contributed by atoms with E-state index in [1.54, 1.807) is 24.3 Å². The molecule has 3 aromatic carbocycles. The van der Waals surface area contributed by atoms with Crippen molar-refractivity contribution in [2.75, 3.05) is 11.0 Å². The molecule has 30 heavy (non-hydrogen) atoms. The summed E-state index contributed by atoms with van der Waals surface area (Å²) in [7, 11) is -7.35. The number of aromatic carboxylic acids is 1. The maximum atomic E-state index is 12.7. The fourth-order valence-corrected chi connectivity index (χ4v) is 4.59. The molecule has 0 atom stereocenters. The van der Waals surface area contributed by atoms with Gasteiger partial charge >= 0.3 is 5.97 Å². The average Bonchev–Trinajstić information content (AvgIpc) is 2.68. The second-order valence-corrected chi connectivity index (χ2v) is 10.6. The molecule has 0 heterocycles. The van der Waals surface area contributed by atoms with Gasteiger partial charge in [0.1, 0.15) is 0 Å². The van der Waals surface area contributed by atoms with Crippen LogP contribution in [-0.4, -0.2) is 34.2 Å². The van der Waals surface area contributed by atoms with Crippen LogP contribution in [0, 0.1) is 0 Å². The average molecular weight is 466 g/mol. The third-order valence-corrected chi connectivity index (χ3v) is 6.98. The highest BCUT2D eigenvalue weighted by Crippen LogP contribution is 2.26. The molecule has 0 aliphatic carbocycles. The van der Waals surface area contributed by atoms with Gasteiger partial charge in [-0.2, -0.15) is 0 Å². The van der Waals surface area contributed by atoms with Gasteiger partial charge < -0.3 is 5.11 Å². The van der Waals surface area contributed by atoms with Crippen LogP contribution >= 0.6 is 11.6 Å². The Labute approximate surface area is 178 Å². The fraction of sp³-hybridized carbons (Fsp3) is 0.0500. The summed E-state index contributed by atoms with van der Waals surface area (Å²) in [6.45, 7) is 0. The molecule has 0 unspecified atom stereocenters. The number of sulfone groups is 1. The van der Waals surface area contributed by atoms with Crippen LogP contribution in [0.25, 0.3) is 11.1 Å². The molecule has 0 aliphatic heterocycles. The van der Waals surface area contributed by atoms with Crippen LogP contribution in [0.5, 0.6) is 0 Å². The minimum Gasteiger partial charge on any atom is -0.478 e. The molecule has 0 aliphatic rings. The van der Waals surface area contributed by atoms with Crippen LogP contribution in [0.2, 0.25) is 5.02 Å². The first-order chi connectivity index (χ1) is 14.0. The van der Waals surface area contributed by atoms with Crippen LogP contribution in [0.1, 0.15) is 10.4 Å². The van der Waals surface area contributed by atoms with Gasteiger partial charge in [-0.3, -0.25) is 4.72 Å². The Morgan fingerprint density at radius 3 is 1.80 bits per heavy atom. The van der Waals surface area contributed by atoms with Crippen molar-refractivity contribution < 1.29 is 26.7 Å². The summed E-state index contributed by atoms with van der Waals surface area (Å²) in [5.74, 6) is -1.32. The Bertz CT molecular complexity index is 1320. The van der Waals surface area contributed by atoms with E-state index in [0.29, 0.717) is 11.1 Å². The molecule has 0 spiro atoms. The number of hydrogen-bond acceptors (Lipinski definition) is 5. The predicted molar refractivity (Wildman–Crippen MR) is 114 cm³/mol. The van der Waals surface area contributed by atoms with Gasteiger partial charge in [0, 0.05) is 11.3 Å². The maximum Gasteiger partial charge on any atom is 0.337 e. The van der Waals surface area contributed by atoms with Gasteiger partial charge in [0.25, 0.3) is 10.0 Å². The summed E-state index contributed by atoms with van der Waals surface area (Å²) >= 11 is 5.79. The van der Waals surface area contributed by atoms with Gasteiger partial charge in [-0.25, -0.2) is 21.6 Å². The monoisotopic (exact) mass is 465 g/mol. The molecule has 0 saturated heterocycles. The third kappa shape index (κ3) is 4.81. The molecule has 2 N–H and O–H groups in total. The summed E-state index contributed by atoms with van der Waals surface area (Å²) in [5, 5.41) is 9.43. The number of nitrogens with one attached hydrogen (secondary N) is 1. The molecular weight excluding hydrogens is 450 g/mol. The topological polar surface area (TPSA) is 118 Å². The van der Waals surface area contributed by atoms with E-state index in [2.05, 4.69) is 4.72 Å². The Kier molecular flexibility index (Phi) is 5.89. The Balaban J connectivity index is 1.88. The van der Waals surface area contributed by atoms with Gasteiger partial charge in [0.15, 0.2) is 9.84 Å². The van der Waals surface area contributed by atoms with Crippen molar-refractivity contribution in [2.24, 2.45) is 0 Å². The molecular formula is C20H16ClNO6S2. The molecule has 0 amide bonds. The first kappa shape index (κ1) is 21.8. The molecule has 10 heteroatoms. The van der Waals surface area contributed by atoms with Crippen molar-refractivity contribution in [1.29, 1.82) is 0 Å². The first-order valence-corrected chi connectivity index (χ1v) is 12.2. The normalized spacial score (nSPS) is 11.8. The number of hydrogen-bond donors (Lipinski definition) is 2. The quantitative estimate of drug-likeness (QED) is 0.569. The van der Waals surface area contributed by atoms with Crippen molar-refractivity contribution in [3.8, 4) is 11.1 Å². The molecule has 0 fully saturated rings. The molecule has 156 valence electrons. The van der Waals surface area contributed by atoms with Gasteiger partial charge in [-0.05, 0) is 53.6 Å². The minimum atomic E-state index is -4.04. The van der Waals surface area contributed by atoms with Gasteiger partial charge in [0.05, 0.1) is 21.0 Å². The number of carboxylic acid groups (broad SMARTS) is 1. The molecule has 0 radical (unpaired) electrons. The summed E-state index contributed by atoms with van der Waals surface area (Å²) in [5.41, 5.74) is 1.03. The van der Waals surface area contributed by atoms with Crippen LogP contribution in [-0.2, 0) is 19.9 Å². The summed E-state index contributed by atoms with van der Waals surface area (Å²) < 4.78 is 50.7. The van der Waals surface area contributed by atoms with E-state index < -0.39 is 25.8 Å². The van der Waals surface area contributed by atoms with E-state index in [9.17, 15) is 26.7 Å². The highest BCUT2D eigenvalue weighted by atomic mass is 35.5. The smallest absolute Gasteiger partial charge is 0.337 e. The van der Waals surface area contributed by atoms with E-state index in [-0.39, 0.29) is 26.1 Å². The van der Waals surface area contributed by atoms with Crippen molar-refractivity contribution in [2.45, 2.75) is 9.79 Å². The fourth-order valence-electron chi connectivity index (χ4n) is 2.71. The first-order valence-electron chi connectivity index (χ1n) is 8.43. The van der Waals surface area contributed by atoms with Gasteiger partial charge in [-0.15, -0.1) is 0 Å². The zero-order valence-electron chi connectivity index (χ0n) is 15.5. The Morgan fingerprint density at radius 1 is 0.833 bits per heavy atom. The van der Waals surface area contributed by atoms with Crippen LogP contribution in [0.3, 0.4) is 0 Å². The summed E-state index contributed by atoms with van der Waals surface area (Å²) in [6.07, 6.45) is 1.12. The van der Waals surface area contributed by atoms with Crippen molar-refractivity contribution in [3.05, 3.63) is 77.3 Å². The molecule has 7 nitrogen and oxygen atoms in total.